The van der Waals surface area contributed by atoms with Crippen molar-refractivity contribution in [3.05, 3.63) is 215 Å². The Balaban J connectivity index is 0.000000303. The molecule has 8 atom stereocenters. The lowest BCUT2D eigenvalue weighted by Crippen LogP contribution is -2.50. The summed E-state index contributed by atoms with van der Waals surface area (Å²) in [6, 6.07) is 55.8. The summed E-state index contributed by atoms with van der Waals surface area (Å²) in [6.07, 6.45) is -15.2. The van der Waals surface area contributed by atoms with Crippen LogP contribution in [0, 0.1) is 0 Å². The summed E-state index contributed by atoms with van der Waals surface area (Å²) < 4.78 is 28.2. The minimum Gasteiger partial charge on any atom is -0.497 e. The monoisotopic (exact) mass is 1140 g/mol. The third-order valence-corrected chi connectivity index (χ3v) is 14.7. The number of hydrogen-bond donors (Lipinski definition) is 11. The van der Waals surface area contributed by atoms with Gasteiger partial charge < -0.3 is 80.3 Å². The van der Waals surface area contributed by atoms with Crippen LogP contribution in [0.5, 0.6) is 11.5 Å². The van der Waals surface area contributed by atoms with Gasteiger partial charge in [0.1, 0.15) is 66.9 Å². The van der Waals surface area contributed by atoms with Crippen molar-refractivity contribution in [2.45, 2.75) is 81.1 Å². The minimum absolute atomic E-state index is 0. The maximum absolute atomic E-state index is 12.7. The molecule has 8 unspecified atom stereocenters. The fourth-order valence-corrected chi connectivity index (χ4v) is 10.3. The SMILES string of the molecule is C.C.COc1ccc(C(OCC(O)C(O)C(O)C(O)CNC(=O)OCC2c3ccccc3-c3ccccc32)(c2ccccc2)c2ccc(OC)cc2)cc1.O=C(NCC(O)C(O)C(O)C(O)CO)OCC1c2ccccc2-c2ccccc21. The zero-order valence-corrected chi connectivity index (χ0v) is 44.6. The van der Waals surface area contributed by atoms with Crippen molar-refractivity contribution < 1.29 is 79.2 Å². The van der Waals surface area contributed by atoms with Crippen LogP contribution >= 0.6 is 0 Å². The number of rotatable bonds is 23. The molecule has 2 aliphatic rings. The number of carbonyl (C=O) groups excluding carboxylic acids is 2. The first-order valence-electron chi connectivity index (χ1n) is 26.4. The Hall–Kier alpha value is -7.72. The van der Waals surface area contributed by atoms with Gasteiger partial charge in [0, 0.05) is 24.9 Å². The summed E-state index contributed by atoms with van der Waals surface area (Å²) in [5, 5.41) is 95.8. The average molecular weight is 1140 g/mol. The molecule has 0 saturated carbocycles. The highest BCUT2D eigenvalue weighted by atomic mass is 16.6. The summed E-state index contributed by atoms with van der Waals surface area (Å²) in [5.74, 6) is 1.02. The van der Waals surface area contributed by atoms with E-state index in [9.17, 15) is 50.4 Å². The Kier molecular flexibility index (Phi) is 23.3. The molecule has 11 N–H and O–H groups in total. The predicted molar refractivity (Wildman–Crippen MR) is 313 cm³/mol. The highest BCUT2D eigenvalue weighted by Gasteiger charge is 2.41. The zero-order chi connectivity index (χ0) is 57.6. The Bertz CT molecular complexity index is 3010. The normalized spacial score (nSPS) is 15.2. The van der Waals surface area contributed by atoms with Gasteiger partial charge >= 0.3 is 12.2 Å². The molecule has 2 aliphatic carbocycles. The maximum Gasteiger partial charge on any atom is 0.407 e. The summed E-state index contributed by atoms with van der Waals surface area (Å²) in [7, 11) is 3.15. The van der Waals surface area contributed by atoms with Crippen molar-refractivity contribution in [3.63, 3.8) is 0 Å². The second-order valence-corrected chi connectivity index (χ2v) is 19.6. The van der Waals surface area contributed by atoms with E-state index in [2.05, 4.69) is 10.6 Å². The Morgan fingerprint density at radius 3 is 1.10 bits per heavy atom. The molecular formula is C65H76N2O16. The fraction of sp³-hybridized carbons (Fsp3) is 0.323. The number of hydrogen-bond acceptors (Lipinski definition) is 16. The zero-order valence-electron chi connectivity index (χ0n) is 44.6. The average Bonchev–Trinajstić information content (AvgIpc) is 2.93. The number of aliphatic hydroxyl groups excluding tert-OH is 9. The number of methoxy groups -OCH3 is 2. The smallest absolute Gasteiger partial charge is 0.407 e. The first-order valence-corrected chi connectivity index (χ1v) is 26.4. The van der Waals surface area contributed by atoms with Gasteiger partial charge in [-0.1, -0.05) is 167 Å². The number of alkyl carbamates (subject to hydrolysis) is 2. The fourth-order valence-electron chi connectivity index (χ4n) is 10.3. The van der Waals surface area contributed by atoms with Crippen molar-refractivity contribution in [2.75, 3.05) is 53.7 Å². The topological polar surface area (TPSA) is 286 Å². The van der Waals surface area contributed by atoms with Gasteiger partial charge in [-0.05, 0) is 85.5 Å². The van der Waals surface area contributed by atoms with Crippen LogP contribution in [0.25, 0.3) is 22.3 Å². The van der Waals surface area contributed by atoms with E-state index in [0.717, 1.165) is 50.1 Å². The number of benzene rings is 7. The molecule has 2 amide bonds. The quantitative estimate of drug-likeness (QED) is 0.0317. The molecule has 0 aliphatic heterocycles. The molecule has 0 spiro atoms. The highest BCUT2D eigenvalue weighted by molar-refractivity contribution is 5.80. The molecule has 9 rings (SSSR count). The standard InChI is InChI=1S/C42H43NO9.C21H25NO7.2CH4/c1-49-30-20-16-28(17-21-30)42(27-10-4-3-5-11-27,29-18-22-31(50-2)23-19-29)52-26-38(45)40(47)39(46)37(44)24-43-41(48)51-25-36-34-14-8-6-12-32(34)33-13-7-9-15-35(33)36;23-10-18(25)20(27)19(26)17(24)9-22-21(28)29-11-16-14-7-3-1-5-12(14)13-6-2-4-8-15(13)16;;/h3-23,36-40,44-47H,24-26H2,1-2H3,(H,43,48);1-8,16-20,23-27H,9-11H2,(H,22,28);2*1H4. The number of aliphatic hydroxyl groups is 9. The minimum atomic E-state index is -1.83. The second-order valence-electron chi connectivity index (χ2n) is 19.6. The maximum atomic E-state index is 12.7. The van der Waals surface area contributed by atoms with Gasteiger partial charge in [-0.2, -0.15) is 0 Å². The van der Waals surface area contributed by atoms with Crippen molar-refractivity contribution >= 4 is 12.2 Å². The molecule has 18 nitrogen and oxygen atoms in total. The number of carbonyl (C=O) groups is 2. The molecule has 7 aromatic rings. The van der Waals surface area contributed by atoms with Crippen molar-refractivity contribution in [1.82, 2.24) is 10.6 Å². The molecule has 0 saturated heterocycles. The van der Waals surface area contributed by atoms with E-state index in [0.29, 0.717) is 22.6 Å². The van der Waals surface area contributed by atoms with Crippen molar-refractivity contribution in [2.24, 2.45) is 0 Å². The van der Waals surface area contributed by atoms with Crippen LogP contribution in [0.15, 0.2) is 176 Å². The highest BCUT2D eigenvalue weighted by Crippen LogP contribution is 2.46. The summed E-state index contributed by atoms with van der Waals surface area (Å²) in [6.45, 7) is -1.88. The van der Waals surface area contributed by atoms with E-state index in [1.807, 2.05) is 152 Å². The lowest BCUT2D eigenvalue weighted by molar-refractivity contribution is -0.133. The Morgan fingerprint density at radius 1 is 0.434 bits per heavy atom. The second kappa shape index (κ2) is 30.0. The van der Waals surface area contributed by atoms with Gasteiger partial charge in [0.2, 0.25) is 0 Å². The van der Waals surface area contributed by atoms with E-state index in [1.54, 1.807) is 38.5 Å². The van der Waals surface area contributed by atoms with Crippen LogP contribution < -0.4 is 20.1 Å². The summed E-state index contributed by atoms with van der Waals surface area (Å²) in [5.41, 5.74) is 9.51. The lowest BCUT2D eigenvalue weighted by Gasteiger charge is -2.37. The lowest BCUT2D eigenvalue weighted by atomic mass is 9.80. The first kappa shape index (κ1) is 64.4. The molecule has 0 heterocycles. The third kappa shape index (κ3) is 14.7. The van der Waals surface area contributed by atoms with Gasteiger partial charge in [-0.3, -0.25) is 0 Å². The van der Waals surface area contributed by atoms with Gasteiger partial charge in [-0.25, -0.2) is 9.59 Å². The Labute approximate surface area is 483 Å². The molecular weight excluding hydrogens is 1060 g/mol. The molecule has 442 valence electrons. The third-order valence-electron chi connectivity index (χ3n) is 14.7. The molecule has 18 heteroatoms. The summed E-state index contributed by atoms with van der Waals surface area (Å²) >= 11 is 0. The van der Waals surface area contributed by atoms with E-state index in [-0.39, 0.29) is 39.9 Å². The first-order chi connectivity index (χ1) is 39.2. The van der Waals surface area contributed by atoms with Crippen LogP contribution in [0.4, 0.5) is 9.59 Å². The van der Waals surface area contributed by atoms with Gasteiger partial charge in [0.15, 0.2) is 0 Å². The molecule has 0 fully saturated rings. The van der Waals surface area contributed by atoms with Crippen LogP contribution in [-0.4, -0.2) is 161 Å². The van der Waals surface area contributed by atoms with E-state index in [4.69, 9.17) is 28.8 Å². The van der Waals surface area contributed by atoms with Crippen LogP contribution in [0.1, 0.15) is 65.6 Å². The van der Waals surface area contributed by atoms with Crippen LogP contribution in [0.2, 0.25) is 0 Å². The van der Waals surface area contributed by atoms with Gasteiger partial charge in [0.25, 0.3) is 0 Å². The van der Waals surface area contributed by atoms with Crippen molar-refractivity contribution in [3.8, 4) is 33.8 Å². The van der Waals surface area contributed by atoms with E-state index >= 15 is 0 Å². The largest absolute Gasteiger partial charge is 0.497 e. The summed E-state index contributed by atoms with van der Waals surface area (Å²) in [4.78, 5) is 24.7. The Morgan fingerprint density at radius 2 is 0.747 bits per heavy atom. The molecule has 0 bridgehead atoms. The number of amides is 2. The molecule has 7 aromatic carbocycles. The van der Waals surface area contributed by atoms with Crippen LogP contribution in [-0.2, 0) is 19.8 Å². The molecule has 0 aromatic heterocycles. The van der Waals surface area contributed by atoms with E-state index in [1.165, 1.54) is 0 Å². The van der Waals surface area contributed by atoms with Gasteiger partial charge in [-0.15, -0.1) is 0 Å². The van der Waals surface area contributed by atoms with Crippen LogP contribution in [0.3, 0.4) is 0 Å². The van der Waals surface area contributed by atoms with E-state index < -0.39 is 92.9 Å². The number of fused-ring (bicyclic) bond motifs is 6. The van der Waals surface area contributed by atoms with Gasteiger partial charge in [0.05, 0.1) is 39.6 Å². The molecule has 83 heavy (non-hydrogen) atoms. The van der Waals surface area contributed by atoms with Crippen molar-refractivity contribution in [1.29, 1.82) is 0 Å². The number of ether oxygens (including phenoxy) is 5. The predicted octanol–water partition coefficient (Wildman–Crippen LogP) is 6.23. The molecule has 0 radical (unpaired) electrons. The number of nitrogens with one attached hydrogen (secondary N) is 2.